The van der Waals surface area contributed by atoms with Crippen LogP contribution in [0, 0.1) is 5.41 Å². The number of aryl methyl sites for hydroxylation is 2. The SMILES string of the molecule is CC(C)(C)CCn1cc2c(c1)C(=O)CCC2. The highest BCUT2D eigenvalue weighted by Gasteiger charge is 2.19. The fourth-order valence-electron chi connectivity index (χ4n) is 2.17. The second-order valence-corrected chi connectivity index (χ2v) is 6.02. The average molecular weight is 219 g/mol. The minimum absolute atomic E-state index is 0.329. The molecule has 0 unspecified atom stereocenters. The topological polar surface area (TPSA) is 22.0 Å². The quantitative estimate of drug-likeness (QED) is 0.746. The summed E-state index contributed by atoms with van der Waals surface area (Å²) in [6.45, 7) is 7.77. The molecule has 2 nitrogen and oxygen atoms in total. The van der Waals surface area contributed by atoms with E-state index in [0.29, 0.717) is 11.2 Å². The van der Waals surface area contributed by atoms with Crippen LogP contribution in [0.4, 0.5) is 0 Å². The van der Waals surface area contributed by atoms with E-state index in [4.69, 9.17) is 0 Å². The van der Waals surface area contributed by atoms with Crippen LogP contribution in [0.25, 0.3) is 0 Å². The van der Waals surface area contributed by atoms with Crippen molar-refractivity contribution < 1.29 is 4.79 Å². The molecule has 2 heteroatoms. The minimum atomic E-state index is 0.329. The van der Waals surface area contributed by atoms with E-state index in [9.17, 15) is 4.79 Å². The molecule has 1 aliphatic carbocycles. The van der Waals surface area contributed by atoms with Crippen molar-refractivity contribution in [3.63, 3.8) is 0 Å². The maximum absolute atomic E-state index is 11.7. The predicted octanol–water partition coefficient (Wildman–Crippen LogP) is 3.44. The standard InChI is InChI=1S/C14H21NO/c1-14(2,3)7-8-15-9-11-5-4-6-13(16)12(11)10-15/h9-10H,4-8H2,1-3H3. The molecule has 0 fully saturated rings. The molecule has 0 aromatic carbocycles. The number of rotatable bonds is 2. The van der Waals surface area contributed by atoms with E-state index in [1.54, 1.807) is 0 Å². The molecule has 16 heavy (non-hydrogen) atoms. The summed E-state index contributed by atoms with van der Waals surface area (Å²) in [7, 11) is 0. The fourth-order valence-corrected chi connectivity index (χ4v) is 2.17. The molecule has 1 aromatic heterocycles. The summed E-state index contributed by atoms with van der Waals surface area (Å²) >= 11 is 0. The molecule has 0 saturated heterocycles. The van der Waals surface area contributed by atoms with E-state index in [1.165, 1.54) is 5.56 Å². The fraction of sp³-hybridized carbons (Fsp3) is 0.643. The van der Waals surface area contributed by atoms with Crippen molar-refractivity contribution in [2.75, 3.05) is 0 Å². The van der Waals surface area contributed by atoms with Gasteiger partial charge in [0, 0.05) is 30.9 Å². The van der Waals surface area contributed by atoms with Crippen LogP contribution in [0.2, 0.25) is 0 Å². The molecule has 88 valence electrons. The van der Waals surface area contributed by atoms with Gasteiger partial charge in [0.15, 0.2) is 5.78 Å². The molecule has 0 saturated carbocycles. The zero-order valence-electron chi connectivity index (χ0n) is 10.5. The number of carbonyl (C=O) groups excluding carboxylic acids is 1. The lowest BCUT2D eigenvalue weighted by molar-refractivity contribution is 0.0973. The van der Waals surface area contributed by atoms with Crippen LogP contribution in [-0.4, -0.2) is 10.4 Å². The van der Waals surface area contributed by atoms with Crippen LogP contribution < -0.4 is 0 Å². The lowest BCUT2D eigenvalue weighted by Crippen LogP contribution is -2.09. The summed E-state index contributed by atoms with van der Waals surface area (Å²) < 4.78 is 2.19. The Bertz CT molecular complexity index is 395. The molecule has 0 N–H and O–H groups in total. The molecular formula is C14H21NO. The van der Waals surface area contributed by atoms with E-state index in [-0.39, 0.29) is 0 Å². The average Bonchev–Trinajstić information content (AvgIpc) is 2.58. The smallest absolute Gasteiger partial charge is 0.164 e. The number of Topliss-reactive ketones (excluding diaryl/α,β-unsaturated/α-hetero) is 1. The zero-order valence-corrected chi connectivity index (χ0v) is 10.5. The van der Waals surface area contributed by atoms with Crippen LogP contribution >= 0.6 is 0 Å². The number of carbonyl (C=O) groups is 1. The molecule has 0 radical (unpaired) electrons. The lowest BCUT2D eigenvalue weighted by Gasteiger charge is -2.18. The first-order valence-corrected chi connectivity index (χ1v) is 6.17. The molecule has 1 heterocycles. The van der Waals surface area contributed by atoms with Crippen molar-refractivity contribution in [2.24, 2.45) is 5.41 Å². The Balaban J connectivity index is 2.10. The van der Waals surface area contributed by atoms with Gasteiger partial charge in [-0.3, -0.25) is 4.79 Å². The van der Waals surface area contributed by atoms with Crippen LogP contribution in [0.5, 0.6) is 0 Å². The summed E-state index contributed by atoms with van der Waals surface area (Å²) in [6.07, 6.45) is 8.18. The van der Waals surface area contributed by atoms with E-state index in [0.717, 1.165) is 37.8 Å². The highest BCUT2D eigenvalue weighted by atomic mass is 16.1. The molecule has 0 bridgehead atoms. The van der Waals surface area contributed by atoms with Crippen molar-refractivity contribution in [3.05, 3.63) is 23.5 Å². The molecular weight excluding hydrogens is 198 g/mol. The summed E-state index contributed by atoms with van der Waals surface area (Å²) in [4.78, 5) is 11.7. The number of ketones is 1. The second-order valence-electron chi connectivity index (χ2n) is 6.02. The van der Waals surface area contributed by atoms with Gasteiger partial charge in [-0.2, -0.15) is 0 Å². The first kappa shape index (κ1) is 11.4. The number of aromatic nitrogens is 1. The van der Waals surface area contributed by atoms with Crippen LogP contribution in [0.3, 0.4) is 0 Å². The molecule has 0 amide bonds. The summed E-state index contributed by atoms with van der Waals surface area (Å²) in [5, 5.41) is 0. The third-order valence-corrected chi connectivity index (χ3v) is 3.23. The molecule has 0 atom stereocenters. The van der Waals surface area contributed by atoms with Gasteiger partial charge >= 0.3 is 0 Å². The van der Waals surface area contributed by atoms with E-state index < -0.39 is 0 Å². The van der Waals surface area contributed by atoms with Crippen molar-refractivity contribution >= 4 is 5.78 Å². The molecule has 2 rings (SSSR count). The third kappa shape index (κ3) is 2.55. The van der Waals surface area contributed by atoms with Gasteiger partial charge in [-0.25, -0.2) is 0 Å². The number of nitrogens with zero attached hydrogens (tertiary/aromatic N) is 1. The maximum Gasteiger partial charge on any atom is 0.164 e. The first-order chi connectivity index (χ1) is 7.46. The Kier molecular flexibility index (Phi) is 2.92. The van der Waals surface area contributed by atoms with E-state index >= 15 is 0 Å². The number of hydrogen-bond acceptors (Lipinski definition) is 1. The lowest BCUT2D eigenvalue weighted by atomic mass is 9.92. The van der Waals surface area contributed by atoms with Gasteiger partial charge in [0.1, 0.15) is 0 Å². The highest BCUT2D eigenvalue weighted by molar-refractivity contribution is 5.98. The van der Waals surface area contributed by atoms with Crippen molar-refractivity contribution in [2.45, 2.75) is 53.0 Å². The van der Waals surface area contributed by atoms with E-state index in [2.05, 4.69) is 31.5 Å². The van der Waals surface area contributed by atoms with Gasteiger partial charge in [-0.15, -0.1) is 0 Å². The van der Waals surface area contributed by atoms with Gasteiger partial charge in [0.2, 0.25) is 0 Å². The normalized spacial score (nSPS) is 16.3. The second kappa shape index (κ2) is 4.08. The van der Waals surface area contributed by atoms with Gasteiger partial charge in [0.05, 0.1) is 0 Å². The van der Waals surface area contributed by atoms with E-state index in [1.807, 2.05) is 6.20 Å². The monoisotopic (exact) mass is 219 g/mol. The van der Waals surface area contributed by atoms with Gasteiger partial charge in [0.25, 0.3) is 0 Å². The van der Waals surface area contributed by atoms with Crippen molar-refractivity contribution in [1.29, 1.82) is 0 Å². The first-order valence-electron chi connectivity index (χ1n) is 6.17. The van der Waals surface area contributed by atoms with Gasteiger partial charge in [-0.1, -0.05) is 20.8 Å². The predicted molar refractivity (Wildman–Crippen MR) is 65.8 cm³/mol. The number of hydrogen-bond donors (Lipinski definition) is 0. The zero-order chi connectivity index (χ0) is 11.8. The Labute approximate surface area is 97.7 Å². The van der Waals surface area contributed by atoms with Gasteiger partial charge < -0.3 is 4.57 Å². The highest BCUT2D eigenvalue weighted by Crippen LogP contribution is 2.24. The molecule has 0 spiro atoms. The maximum atomic E-state index is 11.7. The summed E-state index contributed by atoms with van der Waals surface area (Å²) in [6, 6.07) is 0. The Morgan fingerprint density at radius 3 is 2.62 bits per heavy atom. The molecule has 1 aromatic rings. The number of fused-ring (bicyclic) bond motifs is 1. The molecule has 1 aliphatic rings. The van der Waals surface area contributed by atoms with Crippen LogP contribution in [0.1, 0.15) is 56.0 Å². The Hall–Kier alpha value is -1.05. The summed E-state index contributed by atoms with van der Waals surface area (Å²) in [5.41, 5.74) is 2.58. The van der Waals surface area contributed by atoms with Crippen molar-refractivity contribution in [1.82, 2.24) is 4.57 Å². The third-order valence-electron chi connectivity index (χ3n) is 3.23. The van der Waals surface area contributed by atoms with Crippen LogP contribution in [-0.2, 0) is 13.0 Å². The largest absolute Gasteiger partial charge is 0.353 e. The van der Waals surface area contributed by atoms with Gasteiger partial charge in [-0.05, 0) is 30.2 Å². The Morgan fingerprint density at radius 1 is 1.25 bits per heavy atom. The summed E-state index contributed by atoms with van der Waals surface area (Å²) in [5.74, 6) is 0.329. The van der Waals surface area contributed by atoms with Crippen molar-refractivity contribution in [3.8, 4) is 0 Å². The molecule has 0 aliphatic heterocycles. The van der Waals surface area contributed by atoms with Crippen LogP contribution in [0.15, 0.2) is 12.4 Å². The Morgan fingerprint density at radius 2 is 2.00 bits per heavy atom. The minimum Gasteiger partial charge on any atom is -0.353 e.